The fourth-order valence-electron chi connectivity index (χ4n) is 3.70. The predicted molar refractivity (Wildman–Crippen MR) is 148 cm³/mol. The van der Waals surface area contributed by atoms with Crippen LogP contribution in [0.3, 0.4) is 0 Å². The fraction of sp³-hybridized carbons (Fsp3) is 0.310. The van der Waals surface area contributed by atoms with Crippen molar-refractivity contribution >= 4 is 30.0 Å². The molecule has 2 amide bonds. The largest absolute Gasteiger partial charge is 0.352 e. The summed E-state index contributed by atoms with van der Waals surface area (Å²) in [5, 5.41) is 5.67. The number of aromatic nitrogens is 1. The number of aryl methyl sites for hydroxylation is 1. The average molecular weight is 519 g/mol. The zero-order valence-corrected chi connectivity index (χ0v) is 21.7. The molecular weight excluding hydrogens is 484 g/mol. The lowest BCUT2D eigenvalue weighted by atomic mass is 10.1. The van der Waals surface area contributed by atoms with Gasteiger partial charge in [0.25, 0.3) is 0 Å². The second kappa shape index (κ2) is 16.3. The third-order valence-corrected chi connectivity index (χ3v) is 6.81. The minimum absolute atomic E-state index is 0.148. The summed E-state index contributed by atoms with van der Waals surface area (Å²) >= 11 is 1.49. The zero-order chi connectivity index (χ0) is 26.1. The number of allylic oxidation sites excluding steroid dienone is 5. The first-order valence-corrected chi connectivity index (χ1v) is 13.5. The Morgan fingerprint density at radius 1 is 1.00 bits per heavy atom. The molecule has 194 valence electrons. The molecule has 1 aromatic carbocycles. The van der Waals surface area contributed by atoms with E-state index in [0.717, 1.165) is 23.3 Å². The van der Waals surface area contributed by atoms with Gasteiger partial charge in [-0.1, -0.05) is 78.2 Å². The van der Waals surface area contributed by atoms with Crippen molar-refractivity contribution < 1.29 is 14.4 Å². The SMILES string of the molecule is O=CC(CCC(=O)NCc1ccccc1)NC(=O)C(CCc1ccncc1)NSCC1=CC=CC=CC1. The van der Waals surface area contributed by atoms with E-state index in [1.807, 2.05) is 60.7 Å². The zero-order valence-electron chi connectivity index (χ0n) is 20.8. The standard InChI is InChI=1S/C29H34N4O3S/c34-21-26(13-15-28(35)31-20-24-8-6-3-7-9-24)32-29(36)27(14-12-23-16-18-30-19-17-23)33-37-22-25-10-4-1-2-5-11-25/h1-10,16-19,21,26-27,33H,11-15,20,22H2,(H,31,35)(H,32,36). The molecule has 7 nitrogen and oxygen atoms in total. The summed E-state index contributed by atoms with van der Waals surface area (Å²) < 4.78 is 3.30. The summed E-state index contributed by atoms with van der Waals surface area (Å²) in [4.78, 5) is 41.1. The van der Waals surface area contributed by atoms with Crippen molar-refractivity contribution in [1.29, 1.82) is 0 Å². The minimum Gasteiger partial charge on any atom is -0.352 e. The van der Waals surface area contributed by atoms with Crippen molar-refractivity contribution in [3.8, 4) is 0 Å². The number of carbonyl (C=O) groups is 3. The molecule has 3 N–H and O–H groups in total. The maximum Gasteiger partial charge on any atom is 0.238 e. The number of pyridine rings is 1. The maximum absolute atomic E-state index is 13.1. The predicted octanol–water partition coefficient (Wildman–Crippen LogP) is 3.84. The lowest BCUT2D eigenvalue weighted by molar-refractivity contribution is -0.126. The molecule has 0 saturated heterocycles. The summed E-state index contributed by atoms with van der Waals surface area (Å²) in [6.45, 7) is 0.429. The normalized spacial score (nSPS) is 14.2. The summed E-state index contributed by atoms with van der Waals surface area (Å²) in [7, 11) is 0. The van der Waals surface area contributed by atoms with Crippen LogP contribution in [-0.4, -0.2) is 40.9 Å². The Morgan fingerprint density at radius 2 is 1.81 bits per heavy atom. The van der Waals surface area contributed by atoms with Gasteiger partial charge in [0.15, 0.2) is 0 Å². The third-order valence-electron chi connectivity index (χ3n) is 5.85. The number of benzene rings is 1. The van der Waals surface area contributed by atoms with Gasteiger partial charge in [-0.15, -0.1) is 0 Å². The molecule has 0 radical (unpaired) electrons. The number of amides is 2. The highest BCUT2D eigenvalue weighted by atomic mass is 32.2. The molecule has 0 saturated carbocycles. The Kier molecular flexibility index (Phi) is 12.4. The molecule has 0 aliphatic heterocycles. The molecule has 2 unspecified atom stereocenters. The smallest absolute Gasteiger partial charge is 0.238 e. The summed E-state index contributed by atoms with van der Waals surface area (Å²) in [5.41, 5.74) is 3.34. The van der Waals surface area contributed by atoms with Gasteiger partial charge >= 0.3 is 0 Å². The van der Waals surface area contributed by atoms with E-state index in [2.05, 4.69) is 32.5 Å². The molecule has 1 aliphatic rings. The molecule has 0 fully saturated rings. The lowest BCUT2D eigenvalue weighted by Gasteiger charge is -2.21. The van der Waals surface area contributed by atoms with Gasteiger partial charge in [-0.25, -0.2) is 0 Å². The van der Waals surface area contributed by atoms with Crippen LogP contribution in [-0.2, 0) is 27.3 Å². The quantitative estimate of drug-likeness (QED) is 0.245. The van der Waals surface area contributed by atoms with Crippen LogP contribution in [0.15, 0.2) is 90.8 Å². The summed E-state index contributed by atoms with van der Waals surface area (Å²) in [6.07, 6.45) is 16.9. The first kappa shape index (κ1) is 28.1. The Labute approximate surface area is 223 Å². The highest BCUT2D eigenvalue weighted by Gasteiger charge is 2.22. The van der Waals surface area contributed by atoms with Crippen LogP contribution >= 0.6 is 11.9 Å². The van der Waals surface area contributed by atoms with E-state index in [1.54, 1.807) is 12.4 Å². The average Bonchev–Trinajstić information content (AvgIpc) is 3.21. The van der Waals surface area contributed by atoms with Crippen molar-refractivity contribution in [2.24, 2.45) is 0 Å². The van der Waals surface area contributed by atoms with E-state index in [4.69, 9.17) is 0 Å². The minimum atomic E-state index is -0.731. The highest BCUT2D eigenvalue weighted by Crippen LogP contribution is 2.15. The summed E-state index contributed by atoms with van der Waals surface area (Å²) in [5.74, 6) is 0.331. The lowest BCUT2D eigenvalue weighted by Crippen LogP contribution is -2.47. The number of nitrogens with one attached hydrogen (secondary N) is 3. The number of hydrogen-bond donors (Lipinski definition) is 3. The third kappa shape index (κ3) is 11.0. The van der Waals surface area contributed by atoms with Gasteiger partial charge in [-0.2, -0.15) is 0 Å². The molecule has 0 spiro atoms. The van der Waals surface area contributed by atoms with Crippen LogP contribution < -0.4 is 15.4 Å². The Hall–Kier alpha value is -3.49. The molecule has 1 heterocycles. The van der Waals surface area contributed by atoms with Gasteiger partial charge < -0.3 is 15.4 Å². The second-order valence-electron chi connectivity index (χ2n) is 8.75. The monoisotopic (exact) mass is 518 g/mol. The first-order chi connectivity index (χ1) is 18.1. The molecule has 37 heavy (non-hydrogen) atoms. The van der Waals surface area contributed by atoms with Crippen molar-refractivity contribution in [3.63, 3.8) is 0 Å². The Balaban J connectivity index is 1.50. The van der Waals surface area contributed by atoms with Gasteiger partial charge in [0.1, 0.15) is 6.29 Å². The fourth-order valence-corrected chi connectivity index (χ4v) is 4.61. The van der Waals surface area contributed by atoms with Gasteiger partial charge in [-0.3, -0.25) is 19.3 Å². The van der Waals surface area contributed by atoms with E-state index < -0.39 is 12.1 Å². The number of nitrogens with zero attached hydrogens (tertiary/aromatic N) is 1. The summed E-state index contributed by atoms with van der Waals surface area (Å²) in [6, 6.07) is 12.3. The van der Waals surface area contributed by atoms with E-state index in [-0.39, 0.29) is 24.7 Å². The molecule has 1 aliphatic carbocycles. The highest BCUT2D eigenvalue weighted by molar-refractivity contribution is 7.97. The van der Waals surface area contributed by atoms with E-state index in [1.165, 1.54) is 17.5 Å². The van der Waals surface area contributed by atoms with E-state index in [9.17, 15) is 14.4 Å². The molecule has 2 aromatic rings. The maximum atomic E-state index is 13.1. The van der Waals surface area contributed by atoms with Crippen LogP contribution in [0, 0.1) is 0 Å². The van der Waals surface area contributed by atoms with Crippen LogP contribution in [0.5, 0.6) is 0 Å². The van der Waals surface area contributed by atoms with Crippen LogP contribution in [0.1, 0.15) is 36.8 Å². The van der Waals surface area contributed by atoms with Gasteiger partial charge in [0.2, 0.25) is 11.8 Å². The Bertz CT molecular complexity index is 1090. The molecule has 3 rings (SSSR count). The first-order valence-electron chi connectivity index (χ1n) is 12.5. The number of rotatable bonds is 15. The van der Waals surface area contributed by atoms with Crippen LogP contribution in [0.2, 0.25) is 0 Å². The molecule has 0 bridgehead atoms. The molecule has 8 heteroatoms. The topological polar surface area (TPSA) is 100 Å². The Morgan fingerprint density at radius 3 is 2.59 bits per heavy atom. The molecule has 1 aromatic heterocycles. The number of hydrogen-bond acceptors (Lipinski definition) is 6. The van der Waals surface area contributed by atoms with Crippen molar-refractivity contribution in [3.05, 3.63) is 102 Å². The van der Waals surface area contributed by atoms with Crippen LogP contribution in [0.25, 0.3) is 0 Å². The molecular formula is C29H34N4O3S. The number of carbonyl (C=O) groups excluding carboxylic acids is 3. The molecule has 2 atom stereocenters. The van der Waals surface area contributed by atoms with Gasteiger partial charge in [-0.05, 0) is 48.9 Å². The number of aldehydes is 1. The van der Waals surface area contributed by atoms with E-state index in [0.29, 0.717) is 25.7 Å². The van der Waals surface area contributed by atoms with Crippen molar-refractivity contribution in [2.45, 2.75) is 50.7 Å². The van der Waals surface area contributed by atoms with Crippen molar-refractivity contribution in [1.82, 2.24) is 20.3 Å². The van der Waals surface area contributed by atoms with Gasteiger partial charge in [0.05, 0.1) is 12.1 Å². The van der Waals surface area contributed by atoms with Crippen LogP contribution in [0.4, 0.5) is 0 Å². The second-order valence-corrected chi connectivity index (χ2v) is 9.56. The van der Waals surface area contributed by atoms with Crippen molar-refractivity contribution in [2.75, 3.05) is 5.75 Å². The van der Waals surface area contributed by atoms with Gasteiger partial charge in [0, 0.05) is 31.1 Å². The van der Waals surface area contributed by atoms with E-state index >= 15 is 0 Å².